The van der Waals surface area contributed by atoms with Gasteiger partial charge in [-0.3, -0.25) is 0 Å². The summed E-state index contributed by atoms with van der Waals surface area (Å²) >= 11 is 0. The number of hydrogen-bond donors (Lipinski definition) is 0. The van der Waals surface area contributed by atoms with Crippen LogP contribution in [-0.4, -0.2) is 24.6 Å². The van der Waals surface area contributed by atoms with Crippen LogP contribution >= 0.6 is 0 Å². The predicted molar refractivity (Wildman–Crippen MR) is 89.7 cm³/mol. The molecule has 0 saturated carbocycles. The minimum atomic E-state index is -4.73. The van der Waals surface area contributed by atoms with Crippen molar-refractivity contribution in [2.45, 2.75) is 12.8 Å². The van der Waals surface area contributed by atoms with E-state index in [0.29, 0.717) is 17.6 Å². The Balaban J connectivity index is 1.66. The summed E-state index contributed by atoms with van der Waals surface area (Å²) in [7, 11) is 0. The summed E-state index contributed by atoms with van der Waals surface area (Å²) in [5.41, 5.74) is -0.990. The van der Waals surface area contributed by atoms with Crippen molar-refractivity contribution < 1.29 is 22.3 Å². The first kappa shape index (κ1) is 17.8. The number of fused-ring (bicyclic) bond motifs is 1. The van der Waals surface area contributed by atoms with Gasteiger partial charge in [-0.15, -0.1) is 0 Å². The van der Waals surface area contributed by atoms with Gasteiger partial charge in [0.05, 0.1) is 18.0 Å². The summed E-state index contributed by atoms with van der Waals surface area (Å²) in [5.74, 6) is -0.386. The Hall–Kier alpha value is -3.56. The molecule has 10 heteroatoms. The molecule has 4 rings (SSSR count). The fourth-order valence-electron chi connectivity index (χ4n) is 2.58. The van der Waals surface area contributed by atoms with Crippen LogP contribution in [0.15, 0.2) is 55.0 Å². The smallest absolute Gasteiger partial charge is 0.417 e. The fraction of sp³-hybridized carbons (Fsp3) is 0.111. The van der Waals surface area contributed by atoms with Gasteiger partial charge in [0.1, 0.15) is 23.8 Å². The van der Waals surface area contributed by atoms with Crippen molar-refractivity contribution in [3.05, 3.63) is 72.1 Å². The number of benzene rings is 1. The average Bonchev–Trinajstić information content (AvgIpc) is 3.08. The van der Waals surface area contributed by atoms with Crippen LogP contribution in [-0.2, 0) is 12.8 Å². The minimum absolute atomic E-state index is 0.0607. The van der Waals surface area contributed by atoms with Gasteiger partial charge in [-0.1, -0.05) is 6.07 Å². The Morgan fingerprint density at radius 1 is 1.07 bits per heavy atom. The number of aromatic nitrogens is 5. The van der Waals surface area contributed by atoms with Gasteiger partial charge in [0.2, 0.25) is 5.88 Å². The average molecular weight is 389 g/mol. The Morgan fingerprint density at radius 2 is 1.93 bits per heavy atom. The van der Waals surface area contributed by atoms with E-state index >= 15 is 0 Å². The molecule has 0 saturated heterocycles. The number of pyridine rings is 1. The van der Waals surface area contributed by atoms with Crippen LogP contribution in [0, 0.1) is 5.82 Å². The largest absolute Gasteiger partial charge is 0.471 e. The first-order chi connectivity index (χ1) is 13.4. The molecule has 6 nitrogen and oxygen atoms in total. The number of hydrogen-bond acceptors (Lipinski definition) is 5. The van der Waals surface area contributed by atoms with E-state index in [9.17, 15) is 17.6 Å². The van der Waals surface area contributed by atoms with Crippen molar-refractivity contribution in [2.75, 3.05) is 0 Å². The summed E-state index contributed by atoms with van der Waals surface area (Å²) in [6.07, 6.45) is -0.500. The Morgan fingerprint density at radius 3 is 2.68 bits per heavy atom. The number of nitrogens with zero attached hydrogens (tertiary/aromatic N) is 5. The SMILES string of the molecule is Fc1ccc(-c2cnc3nc(COc4ccccn4)cn3n2)c(C(F)(F)F)c1. The highest BCUT2D eigenvalue weighted by Crippen LogP contribution is 2.36. The molecule has 0 atom stereocenters. The summed E-state index contributed by atoms with van der Waals surface area (Å²) < 4.78 is 59.7. The number of alkyl halides is 3. The molecule has 3 heterocycles. The van der Waals surface area contributed by atoms with Crippen molar-refractivity contribution in [1.29, 1.82) is 0 Å². The van der Waals surface area contributed by atoms with Crippen molar-refractivity contribution in [3.63, 3.8) is 0 Å². The normalized spacial score (nSPS) is 11.7. The molecule has 0 N–H and O–H groups in total. The molecule has 0 fully saturated rings. The summed E-state index contributed by atoms with van der Waals surface area (Å²) in [4.78, 5) is 12.3. The van der Waals surface area contributed by atoms with E-state index in [1.54, 1.807) is 24.4 Å². The Kier molecular flexibility index (Phi) is 4.38. The Labute approximate surface area is 155 Å². The zero-order valence-corrected chi connectivity index (χ0v) is 14.1. The van der Waals surface area contributed by atoms with Crippen LogP contribution in [0.5, 0.6) is 5.88 Å². The highest BCUT2D eigenvalue weighted by molar-refractivity contribution is 5.64. The van der Waals surface area contributed by atoms with Gasteiger partial charge in [-0.05, 0) is 24.3 Å². The molecule has 1 aromatic carbocycles. The van der Waals surface area contributed by atoms with Crippen molar-refractivity contribution in [2.24, 2.45) is 0 Å². The molecule has 3 aromatic heterocycles. The molecule has 0 spiro atoms. The molecule has 0 aliphatic heterocycles. The van der Waals surface area contributed by atoms with Gasteiger partial charge >= 0.3 is 6.18 Å². The molecule has 0 aliphatic rings. The van der Waals surface area contributed by atoms with Gasteiger partial charge in [-0.2, -0.15) is 18.3 Å². The highest BCUT2D eigenvalue weighted by Gasteiger charge is 2.34. The van der Waals surface area contributed by atoms with E-state index < -0.39 is 17.6 Å². The lowest BCUT2D eigenvalue weighted by Gasteiger charge is -2.12. The van der Waals surface area contributed by atoms with Crippen molar-refractivity contribution in [1.82, 2.24) is 24.6 Å². The number of halogens is 4. The molecular formula is C18H11F4N5O. The van der Waals surface area contributed by atoms with Crippen LogP contribution in [0.1, 0.15) is 11.3 Å². The van der Waals surface area contributed by atoms with E-state index in [4.69, 9.17) is 4.74 Å². The van der Waals surface area contributed by atoms with Gasteiger partial charge < -0.3 is 4.74 Å². The lowest BCUT2D eigenvalue weighted by Crippen LogP contribution is -2.09. The van der Waals surface area contributed by atoms with Gasteiger partial charge in [-0.25, -0.2) is 23.9 Å². The quantitative estimate of drug-likeness (QED) is 0.495. The summed E-state index contributed by atoms with van der Waals surface area (Å²) in [6, 6.07) is 7.59. The minimum Gasteiger partial charge on any atom is -0.471 e. The molecule has 0 unspecified atom stereocenters. The number of imidazole rings is 1. The molecule has 142 valence electrons. The van der Waals surface area contributed by atoms with E-state index in [2.05, 4.69) is 20.1 Å². The van der Waals surface area contributed by atoms with E-state index in [1.807, 2.05) is 0 Å². The van der Waals surface area contributed by atoms with Crippen LogP contribution in [0.3, 0.4) is 0 Å². The first-order valence-electron chi connectivity index (χ1n) is 8.02. The van der Waals surface area contributed by atoms with Crippen LogP contribution in [0.2, 0.25) is 0 Å². The molecule has 0 amide bonds. The van der Waals surface area contributed by atoms with Crippen molar-refractivity contribution in [3.8, 4) is 17.1 Å². The first-order valence-corrected chi connectivity index (χ1v) is 8.02. The molecule has 0 bridgehead atoms. The number of rotatable bonds is 4. The topological polar surface area (TPSA) is 65.2 Å². The third-order valence-electron chi connectivity index (χ3n) is 3.81. The molecule has 28 heavy (non-hydrogen) atoms. The number of ether oxygens (including phenoxy) is 1. The maximum atomic E-state index is 13.3. The van der Waals surface area contributed by atoms with Crippen LogP contribution in [0.25, 0.3) is 17.0 Å². The third-order valence-corrected chi connectivity index (χ3v) is 3.81. The summed E-state index contributed by atoms with van der Waals surface area (Å²) in [5, 5.41) is 4.12. The monoisotopic (exact) mass is 389 g/mol. The second-order valence-electron chi connectivity index (χ2n) is 5.76. The zero-order valence-electron chi connectivity index (χ0n) is 14.1. The van der Waals surface area contributed by atoms with Crippen LogP contribution < -0.4 is 4.74 Å². The third kappa shape index (κ3) is 3.61. The molecule has 4 aromatic rings. The van der Waals surface area contributed by atoms with E-state index in [-0.39, 0.29) is 23.6 Å². The second-order valence-corrected chi connectivity index (χ2v) is 5.76. The lowest BCUT2D eigenvalue weighted by atomic mass is 10.0. The fourth-order valence-corrected chi connectivity index (χ4v) is 2.58. The lowest BCUT2D eigenvalue weighted by molar-refractivity contribution is -0.137. The van der Waals surface area contributed by atoms with Gasteiger partial charge in [0, 0.05) is 17.8 Å². The van der Waals surface area contributed by atoms with Crippen molar-refractivity contribution >= 4 is 5.78 Å². The summed E-state index contributed by atoms with van der Waals surface area (Å²) in [6.45, 7) is 0.0851. The highest BCUT2D eigenvalue weighted by atomic mass is 19.4. The van der Waals surface area contributed by atoms with E-state index in [1.165, 1.54) is 10.7 Å². The molecule has 0 radical (unpaired) electrons. The van der Waals surface area contributed by atoms with Crippen LogP contribution in [0.4, 0.5) is 17.6 Å². The maximum absolute atomic E-state index is 13.3. The predicted octanol–water partition coefficient (Wildman–Crippen LogP) is 3.92. The zero-order chi connectivity index (χ0) is 19.7. The van der Waals surface area contributed by atoms with Gasteiger partial charge in [0.15, 0.2) is 0 Å². The Bertz CT molecular complexity index is 1130. The standard InChI is InChI=1S/C18H11F4N5O/c19-11-4-5-13(14(7-11)18(20,21)22)15-8-24-17-25-12(9-27(17)26-15)10-28-16-3-1-2-6-23-16/h1-9H,10H2. The second kappa shape index (κ2) is 6.87. The van der Waals surface area contributed by atoms with Gasteiger partial charge in [0.25, 0.3) is 5.78 Å². The molecule has 0 aliphatic carbocycles. The maximum Gasteiger partial charge on any atom is 0.417 e. The van der Waals surface area contributed by atoms with E-state index in [0.717, 1.165) is 18.3 Å². The molecular weight excluding hydrogens is 378 g/mol.